The molecule has 1 aliphatic carbocycles. The van der Waals surface area contributed by atoms with Crippen LogP contribution in [0.1, 0.15) is 32.6 Å². The van der Waals surface area contributed by atoms with Crippen LogP contribution in [0.5, 0.6) is 0 Å². The maximum absolute atomic E-state index is 11.9. The highest BCUT2D eigenvalue weighted by Gasteiger charge is 2.34. The van der Waals surface area contributed by atoms with Crippen LogP contribution in [0.4, 0.5) is 4.79 Å². The van der Waals surface area contributed by atoms with E-state index in [0.717, 1.165) is 25.7 Å². The first kappa shape index (κ1) is 11.9. The summed E-state index contributed by atoms with van der Waals surface area (Å²) in [6.07, 6.45) is 4.21. The van der Waals surface area contributed by atoms with E-state index in [-0.39, 0.29) is 18.6 Å². The summed E-state index contributed by atoms with van der Waals surface area (Å²) in [5, 5.41) is 5.08. The van der Waals surface area contributed by atoms with Gasteiger partial charge in [-0.1, -0.05) is 12.8 Å². The molecule has 0 spiro atoms. The van der Waals surface area contributed by atoms with Gasteiger partial charge in [0.15, 0.2) is 0 Å². The highest BCUT2D eigenvalue weighted by Crippen LogP contribution is 2.18. The first-order valence-corrected chi connectivity index (χ1v) is 5.99. The molecule has 2 fully saturated rings. The number of rotatable bonds is 1. The van der Waals surface area contributed by atoms with Crippen molar-refractivity contribution in [3.63, 3.8) is 0 Å². The van der Waals surface area contributed by atoms with Crippen molar-refractivity contribution < 1.29 is 14.4 Å². The van der Waals surface area contributed by atoms with Gasteiger partial charge in [0.25, 0.3) is 0 Å². The Kier molecular flexibility index (Phi) is 3.31. The topological polar surface area (TPSA) is 78.5 Å². The smallest absolute Gasteiger partial charge is 0.318 e. The minimum atomic E-state index is -0.589. The lowest BCUT2D eigenvalue weighted by Crippen LogP contribution is -2.61. The van der Waals surface area contributed by atoms with Crippen LogP contribution in [0.25, 0.3) is 0 Å². The molecule has 0 aromatic heterocycles. The monoisotopic (exact) mass is 239 g/mol. The summed E-state index contributed by atoms with van der Waals surface area (Å²) in [6.45, 7) is 1.57. The minimum absolute atomic E-state index is 0.0501. The number of piperazine rings is 1. The third kappa shape index (κ3) is 2.57. The van der Waals surface area contributed by atoms with Crippen molar-refractivity contribution in [3.05, 3.63) is 0 Å². The van der Waals surface area contributed by atoms with Crippen LogP contribution in [-0.2, 0) is 9.59 Å². The Morgan fingerprint density at radius 2 is 2.00 bits per heavy atom. The van der Waals surface area contributed by atoms with Crippen molar-refractivity contribution in [3.8, 4) is 0 Å². The van der Waals surface area contributed by atoms with Crippen LogP contribution in [0, 0.1) is 0 Å². The lowest BCUT2D eigenvalue weighted by molar-refractivity contribution is -0.137. The van der Waals surface area contributed by atoms with Gasteiger partial charge in [0.1, 0.15) is 12.6 Å². The van der Waals surface area contributed by atoms with Gasteiger partial charge in [-0.15, -0.1) is 0 Å². The summed E-state index contributed by atoms with van der Waals surface area (Å²) >= 11 is 0. The molecular weight excluding hydrogens is 222 g/mol. The summed E-state index contributed by atoms with van der Waals surface area (Å²) < 4.78 is 0. The fourth-order valence-electron chi connectivity index (χ4n) is 2.29. The molecule has 2 rings (SSSR count). The fraction of sp³-hybridized carbons (Fsp3) is 0.727. The Morgan fingerprint density at radius 1 is 1.35 bits per heavy atom. The molecular formula is C11H17N3O3. The summed E-state index contributed by atoms with van der Waals surface area (Å²) in [5.74, 6) is -0.836. The number of amides is 4. The third-order valence-electron chi connectivity index (χ3n) is 3.37. The maximum atomic E-state index is 11.9. The lowest BCUT2D eigenvalue weighted by atomic mass is 10.2. The van der Waals surface area contributed by atoms with E-state index in [4.69, 9.17) is 0 Å². The van der Waals surface area contributed by atoms with Crippen molar-refractivity contribution in [2.45, 2.75) is 44.7 Å². The molecule has 0 aromatic rings. The molecule has 1 atom stereocenters. The molecule has 0 radical (unpaired) electrons. The van der Waals surface area contributed by atoms with E-state index >= 15 is 0 Å². The average Bonchev–Trinajstić information content (AvgIpc) is 2.76. The van der Waals surface area contributed by atoms with Crippen LogP contribution in [0.2, 0.25) is 0 Å². The predicted molar refractivity (Wildman–Crippen MR) is 60.1 cm³/mol. The summed E-state index contributed by atoms with van der Waals surface area (Å²) in [4.78, 5) is 35.8. The van der Waals surface area contributed by atoms with Crippen LogP contribution in [0.15, 0.2) is 0 Å². The van der Waals surface area contributed by atoms with Gasteiger partial charge < -0.3 is 10.2 Å². The molecule has 1 heterocycles. The Balaban J connectivity index is 1.96. The molecule has 94 valence electrons. The molecule has 1 saturated carbocycles. The number of carbonyl (C=O) groups is 3. The standard InChI is InChI=1S/C11H17N3O3/c1-7-10(16)13-9(15)6-14(7)11(17)12-8-4-2-3-5-8/h7-8H,2-6H2,1H3,(H,12,17)(H,13,15,16). The Hall–Kier alpha value is -1.59. The zero-order valence-corrected chi connectivity index (χ0v) is 9.86. The summed E-state index contributed by atoms with van der Waals surface area (Å²) in [6, 6.07) is -0.712. The van der Waals surface area contributed by atoms with Crippen LogP contribution in [0.3, 0.4) is 0 Å². The normalized spacial score (nSPS) is 25.9. The van der Waals surface area contributed by atoms with E-state index in [2.05, 4.69) is 10.6 Å². The molecule has 0 aromatic carbocycles. The predicted octanol–water partition coefficient (Wildman–Crippen LogP) is -0.0145. The van der Waals surface area contributed by atoms with Crippen molar-refractivity contribution in [1.82, 2.24) is 15.5 Å². The molecule has 1 saturated heterocycles. The van der Waals surface area contributed by atoms with Crippen molar-refractivity contribution in [2.24, 2.45) is 0 Å². The number of imide groups is 1. The Labute approximate surface area is 99.7 Å². The van der Waals surface area contributed by atoms with E-state index in [1.165, 1.54) is 4.90 Å². The molecule has 0 bridgehead atoms. The number of urea groups is 1. The van der Waals surface area contributed by atoms with Gasteiger partial charge in [0.2, 0.25) is 11.8 Å². The average molecular weight is 239 g/mol. The summed E-state index contributed by atoms with van der Waals surface area (Å²) in [5.41, 5.74) is 0. The zero-order valence-electron chi connectivity index (χ0n) is 9.86. The second kappa shape index (κ2) is 4.73. The third-order valence-corrected chi connectivity index (χ3v) is 3.37. The van der Waals surface area contributed by atoms with E-state index < -0.39 is 17.9 Å². The number of carbonyl (C=O) groups excluding carboxylic acids is 3. The van der Waals surface area contributed by atoms with Crippen LogP contribution >= 0.6 is 0 Å². The van der Waals surface area contributed by atoms with Gasteiger partial charge in [0, 0.05) is 6.04 Å². The van der Waals surface area contributed by atoms with Gasteiger partial charge in [-0.2, -0.15) is 0 Å². The molecule has 17 heavy (non-hydrogen) atoms. The first-order valence-electron chi connectivity index (χ1n) is 5.99. The van der Waals surface area contributed by atoms with Gasteiger partial charge in [-0.05, 0) is 19.8 Å². The molecule has 2 N–H and O–H groups in total. The largest absolute Gasteiger partial charge is 0.335 e. The number of hydrogen-bond donors (Lipinski definition) is 2. The Morgan fingerprint density at radius 3 is 2.65 bits per heavy atom. The molecule has 6 nitrogen and oxygen atoms in total. The second-order valence-corrected chi connectivity index (χ2v) is 4.65. The molecule has 1 unspecified atom stereocenters. The van der Waals surface area contributed by atoms with Gasteiger partial charge in [-0.25, -0.2) is 4.79 Å². The van der Waals surface area contributed by atoms with Gasteiger partial charge in [0.05, 0.1) is 0 Å². The van der Waals surface area contributed by atoms with E-state index in [0.29, 0.717) is 0 Å². The van der Waals surface area contributed by atoms with Crippen molar-refractivity contribution >= 4 is 17.8 Å². The quantitative estimate of drug-likeness (QED) is 0.631. The van der Waals surface area contributed by atoms with E-state index in [9.17, 15) is 14.4 Å². The van der Waals surface area contributed by atoms with E-state index in [1.807, 2.05) is 0 Å². The van der Waals surface area contributed by atoms with Crippen molar-refractivity contribution in [2.75, 3.05) is 6.54 Å². The lowest BCUT2D eigenvalue weighted by Gasteiger charge is -2.32. The zero-order chi connectivity index (χ0) is 12.4. The highest BCUT2D eigenvalue weighted by molar-refractivity contribution is 6.03. The number of nitrogens with zero attached hydrogens (tertiary/aromatic N) is 1. The molecule has 4 amide bonds. The SMILES string of the molecule is CC1C(=O)NC(=O)CN1C(=O)NC1CCCC1. The van der Waals surface area contributed by atoms with Crippen molar-refractivity contribution in [1.29, 1.82) is 0 Å². The van der Waals surface area contributed by atoms with Crippen LogP contribution < -0.4 is 10.6 Å². The number of nitrogens with one attached hydrogen (secondary N) is 2. The fourth-order valence-corrected chi connectivity index (χ4v) is 2.29. The Bertz CT molecular complexity index is 350. The number of hydrogen-bond acceptors (Lipinski definition) is 3. The first-order chi connectivity index (χ1) is 8.08. The van der Waals surface area contributed by atoms with Crippen LogP contribution in [-0.4, -0.2) is 41.4 Å². The van der Waals surface area contributed by atoms with E-state index in [1.54, 1.807) is 6.92 Å². The maximum Gasteiger partial charge on any atom is 0.318 e. The summed E-state index contributed by atoms with van der Waals surface area (Å²) in [7, 11) is 0. The molecule has 6 heteroatoms. The highest BCUT2D eigenvalue weighted by atomic mass is 16.2. The minimum Gasteiger partial charge on any atom is -0.335 e. The van der Waals surface area contributed by atoms with Gasteiger partial charge in [-0.3, -0.25) is 14.9 Å². The molecule has 2 aliphatic rings. The van der Waals surface area contributed by atoms with Gasteiger partial charge >= 0.3 is 6.03 Å². The second-order valence-electron chi connectivity index (χ2n) is 4.65. The molecule has 1 aliphatic heterocycles.